The zero-order chi connectivity index (χ0) is 20.4. The number of rotatable bonds is 5. The number of carbonyl (C=O) groups excluding carboxylic acids is 1. The van der Waals surface area contributed by atoms with Gasteiger partial charge in [0.05, 0.1) is 17.6 Å². The lowest BCUT2D eigenvalue weighted by molar-refractivity contribution is -0.137. The van der Waals surface area contributed by atoms with E-state index in [9.17, 15) is 26.4 Å². The number of hydrogen-bond donors (Lipinski definition) is 2. The number of halogens is 3. The third kappa shape index (κ3) is 4.46. The van der Waals surface area contributed by atoms with Crippen LogP contribution >= 0.6 is 0 Å². The molecule has 1 amide bonds. The van der Waals surface area contributed by atoms with Crippen LogP contribution in [0.1, 0.15) is 5.56 Å². The average molecular weight is 409 g/mol. The quantitative estimate of drug-likeness (QED) is 0.678. The van der Waals surface area contributed by atoms with Crippen molar-refractivity contribution in [3.63, 3.8) is 0 Å². The smallest absolute Gasteiger partial charge is 0.325 e. The summed E-state index contributed by atoms with van der Waals surface area (Å²) in [6.45, 7) is -0.591. The van der Waals surface area contributed by atoms with Crippen LogP contribution < -0.4 is 10.0 Å². The molecule has 0 aliphatic rings. The first kappa shape index (κ1) is 19.8. The molecule has 28 heavy (non-hydrogen) atoms. The lowest BCUT2D eigenvalue weighted by Crippen LogP contribution is -2.33. The second-order valence-corrected chi connectivity index (χ2v) is 7.51. The van der Waals surface area contributed by atoms with Crippen LogP contribution in [0.25, 0.3) is 10.9 Å². The molecule has 0 aliphatic heterocycles. The summed E-state index contributed by atoms with van der Waals surface area (Å²) in [5, 5.41) is 2.96. The van der Waals surface area contributed by atoms with E-state index in [1.54, 1.807) is 24.3 Å². The number of nitrogens with one attached hydrogen (secondary N) is 2. The lowest BCUT2D eigenvalue weighted by Gasteiger charge is -2.10. The highest BCUT2D eigenvalue weighted by molar-refractivity contribution is 7.89. The summed E-state index contributed by atoms with van der Waals surface area (Å²) in [6.07, 6.45) is -3.02. The van der Waals surface area contributed by atoms with Gasteiger partial charge in [0.25, 0.3) is 0 Å². The van der Waals surface area contributed by atoms with E-state index in [0.717, 1.165) is 24.3 Å². The third-order valence-corrected chi connectivity index (χ3v) is 5.24. The Labute approximate surface area is 158 Å². The van der Waals surface area contributed by atoms with E-state index in [1.807, 2.05) is 0 Å². The molecule has 0 atom stereocenters. The Morgan fingerprint density at radius 1 is 1.00 bits per heavy atom. The molecule has 1 heterocycles. The van der Waals surface area contributed by atoms with Gasteiger partial charge < -0.3 is 5.32 Å². The number of benzene rings is 2. The van der Waals surface area contributed by atoms with Crippen molar-refractivity contribution in [3.05, 3.63) is 66.4 Å². The van der Waals surface area contributed by atoms with E-state index < -0.39 is 34.2 Å². The van der Waals surface area contributed by atoms with Crippen LogP contribution in [0.5, 0.6) is 0 Å². The molecule has 6 nitrogen and oxygen atoms in total. The van der Waals surface area contributed by atoms with Crippen LogP contribution in [0.4, 0.5) is 18.9 Å². The molecule has 0 saturated heterocycles. The van der Waals surface area contributed by atoms with Gasteiger partial charge in [-0.25, -0.2) is 13.1 Å². The molecule has 0 fully saturated rings. The summed E-state index contributed by atoms with van der Waals surface area (Å²) >= 11 is 0. The number of fused-ring (bicyclic) bond motifs is 1. The van der Waals surface area contributed by atoms with Crippen LogP contribution in [-0.4, -0.2) is 25.9 Å². The first-order chi connectivity index (χ1) is 13.2. The molecule has 0 bridgehead atoms. The second kappa shape index (κ2) is 7.56. The van der Waals surface area contributed by atoms with Gasteiger partial charge in [-0.3, -0.25) is 9.78 Å². The van der Waals surface area contributed by atoms with Crippen LogP contribution in [0.3, 0.4) is 0 Å². The molecule has 1 aromatic heterocycles. The Morgan fingerprint density at radius 2 is 1.68 bits per heavy atom. The fourth-order valence-corrected chi connectivity index (χ4v) is 3.64. The van der Waals surface area contributed by atoms with Gasteiger partial charge in [-0.1, -0.05) is 18.2 Å². The first-order valence-corrected chi connectivity index (χ1v) is 9.46. The highest BCUT2D eigenvalue weighted by atomic mass is 32.2. The van der Waals surface area contributed by atoms with E-state index in [2.05, 4.69) is 15.0 Å². The molecule has 3 aromatic rings. The SMILES string of the molecule is O=C(CNS(=O)(=O)c1cccc2cccnc12)Nc1ccc(C(F)(F)F)cc1. The molecule has 0 saturated carbocycles. The van der Waals surface area contributed by atoms with Crippen molar-refractivity contribution >= 4 is 32.5 Å². The molecule has 2 N–H and O–H groups in total. The Hall–Kier alpha value is -2.98. The fourth-order valence-electron chi connectivity index (χ4n) is 2.48. The van der Waals surface area contributed by atoms with E-state index in [1.165, 1.54) is 12.3 Å². The molecule has 0 aliphatic carbocycles. The molecule has 2 aromatic carbocycles. The summed E-state index contributed by atoms with van der Waals surface area (Å²) in [5.41, 5.74) is -0.473. The van der Waals surface area contributed by atoms with Gasteiger partial charge >= 0.3 is 6.18 Å². The fraction of sp³-hybridized carbons (Fsp3) is 0.111. The molecule has 0 radical (unpaired) electrons. The molecular formula is C18H14F3N3O3S. The summed E-state index contributed by atoms with van der Waals surface area (Å²) in [5.74, 6) is -0.725. The van der Waals surface area contributed by atoms with Gasteiger partial charge in [0.1, 0.15) is 4.90 Å². The number of anilines is 1. The maximum absolute atomic E-state index is 12.5. The summed E-state index contributed by atoms with van der Waals surface area (Å²) in [7, 11) is -4.02. The van der Waals surface area contributed by atoms with E-state index >= 15 is 0 Å². The highest BCUT2D eigenvalue weighted by Crippen LogP contribution is 2.29. The number of hydrogen-bond acceptors (Lipinski definition) is 4. The standard InChI is InChI=1S/C18H14F3N3O3S/c19-18(20,21)13-6-8-14(9-7-13)24-16(25)11-23-28(26,27)15-5-1-3-12-4-2-10-22-17(12)15/h1-10,23H,11H2,(H,24,25). The Balaban J connectivity index is 1.68. The van der Waals surface area contributed by atoms with Crippen LogP contribution in [0.2, 0.25) is 0 Å². The summed E-state index contributed by atoms with van der Waals surface area (Å²) in [4.78, 5) is 15.9. The molecule has 0 unspecified atom stereocenters. The van der Waals surface area contributed by atoms with Gasteiger partial charge in [-0.05, 0) is 36.4 Å². The second-order valence-electron chi connectivity index (χ2n) is 5.78. The number of aromatic nitrogens is 1. The minimum Gasteiger partial charge on any atom is -0.325 e. The van der Waals surface area contributed by atoms with Crippen molar-refractivity contribution in [2.75, 3.05) is 11.9 Å². The summed E-state index contributed by atoms with van der Waals surface area (Å²) < 4.78 is 64.8. The van der Waals surface area contributed by atoms with Crippen molar-refractivity contribution in [3.8, 4) is 0 Å². The Morgan fingerprint density at radius 3 is 2.36 bits per heavy atom. The van der Waals surface area contributed by atoms with Crippen LogP contribution in [0, 0.1) is 0 Å². The number of carbonyl (C=O) groups is 1. The van der Waals surface area contributed by atoms with Crippen LogP contribution in [0.15, 0.2) is 65.7 Å². The van der Waals surface area contributed by atoms with Gasteiger partial charge in [0, 0.05) is 17.3 Å². The number of para-hydroxylation sites is 1. The number of pyridine rings is 1. The highest BCUT2D eigenvalue weighted by Gasteiger charge is 2.30. The molecular weight excluding hydrogens is 395 g/mol. The topological polar surface area (TPSA) is 88.2 Å². The largest absolute Gasteiger partial charge is 0.416 e. The Bertz CT molecular complexity index is 1110. The van der Waals surface area contributed by atoms with E-state index in [0.29, 0.717) is 5.39 Å². The number of amides is 1. The van der Waals surface area contributed by atoms with Crippen molar-refractivity contribution in [2.24, 2.45) is 0 Å². The normalized spacial score (nSPS) is 12.1. The van der Waals surface area contributed by atoms with Crippen molar-refractivity contribution in [1.29, 1.82) is 0 Å². The van der Waals surface area contributed by atoms with E-state index in [4.69, 9.17) is 0 Å². The zero-order valence-corrected chi connectivity index (χ0v) is 15.0. The molecule has 146 valence electrons. The van der Waals surface area contributed by atoms with Crippen molar-refractivity contribution < 1.29 is 26.4 Å². The molecule has 10 heteroatoms. The number of nitrogens with zero attached hydrogens (tertiary/aromatic N) is 1. The van der Waals surface area contributed by atoms with Gasteiger partial charge in [-0.15, -0.1) is 0 Å². The van der Waals surface area contributed by atoms with Crippen molar-refractivity contribution in [1.82, 2.24) is 9.71 Å². The predicted molar refractivity (Wildman–Crippen MR) is 97.0 cm³/mol. The lowest BCUT2D eigenvalue weighted by atomic mass is 10.2. The monoisotopic (exact) mass is 409 g/mol. The van der Waals surface area contributed by atoms with Gasteiger partial charge in [0.15, 0.2) is 0 Å². The predicted octanol–water partition coefficient (Wildman–Crippen LogP) is 3.17. The molecule has 3 rings (SSSR count). The third-order valence-electron chi connectivity index (χ3n) is 3.80. The first-order valence-electron chi connectivity index (χ1n) is 7.97. The van der Waals surface area contributed by atoms with Crippen molar-refractivity contribution in [2.45, 2.75) is 11.1 Å². The minimum absolute atomic E-state index is 0.0760. The average Bonchev–Trinajstić information content (AvgIpc) is 2.66. The zero-order valence-electron chi connectivity index (χ0n) is 14.2. The Kier molecular flexibility index (Phi) is 5.34. The van der Waals surface area contributed by atoms with Crippen LogP contribution in [-0.2, 0) is 21.0 Å². The number of alkyl halides is 3. The van der Waals surface area contributed by atoms with Gasteiger partial charge in [-0.2, -0.15) is 13.2 Å². The maximum atomic E-state index is 12.5. The minimum atomic E-state index is -4.48. The van der Waals surface area contributed by atoms with E-state index in [-0.39, 0.29) is 16.1 Å². The molecule has 0 spiro atoms. The number of sulfonamides is 1. The van der Waals surface area contributed by atoms with Gasteiger partial charge in [0.2, 0.25) is 15.9 Å². The maximum Gasteiger partial charge on any atom is 0.416 e. The summed E-state index contributed by atoms with van der Waals surface area (Å²) in [6, 6.07) is 11.8.